The number of benzene rings is 2. The van der Waals surface area contributed by atoms with Crippen molar-refractivity contribution in [1.82, 2.24) is 5.32 Å². The zero-order chi connectivity index (χ0) is 19.8. The van der Waals surface area contributed by atoms with E-state index in [0.717, 1.165) is 24.8 Å². The lowest BCUT2D eigenvalue weighted by Gasteiger charge is -2.14. The second-order valence-electron chi connectivity index (χ2n) is 6.89. The van der Waals surface area contributed by atoms with Gasteiger partial charge in [-0.05, 0) is 68.5 Å². The molecule has 2 aromatic carbocycles. The molecule has 0 saturated carbocycles. The third kappa shape index (κ3) is 5.77. The van der Waals surface area contributed by atoms with Crippen molar-refractivity contribution in [2.45, 2.75) is 38.7 Å². The number of methoxy groups -OCH3 is 1. The minimum absolute atomic E-state index is 0.0805. The van der Waals surface area contributed by atoms with Crippen molar-refractivity contribution in [1.29, 1.82) is 0 Å². The lowest BCUT2D eigenvalue weighted by molar-refractivity contribution is 0.0954. The van der Waals surface area contributed by atoms with Gasteiger partial charge in [-0.2, -0.15) is 0 Å². The maximum absolute atomic E-state index is 12.5. The third-order valence-electron chi connectivity index (χ3n) is 4.85. The molecule has 148 valence electrons. The van der Waals surface area contributed by atoms with Gasteiger partial charge in [0.1, 0.15) is 18.1 Å². The number of halogens is 1. The smallest absolute Gasteiger partial charge is 0.251 e. The zero-order valence-corrected chi connectivity index (χ0v) is 16.9. The van der Waals surface area contributed by atoms with Crippen molar-refractivity contribution in [3.63, 3.8) is 0 Å². The molecule has 1 aliphatic carbocycles. The molecule has 28 heavy (non-hydrogen) atoms. The molecule has 0 unspecified atom stereocenters. The molecule has 3 rings (SSSR count). The molecule has 5 heteroatoms. The fourth-order valence-corrected chi connectivity index (χ4v) is 3.50. The molecule has 0 atom stereocenters. The molecule has 0 aliphatic heterocycles. The van der Waals surface area contributed by atoms with Crippen molar-refractivity contribution >= 4 is 17.5 Å². The minimum Gasteiger partial charge on any atom is -0.496 e. The van der Waals surface area contributed by atoms with E-state index >= 15 is 0 Å². The predicted molar refractivity (Wildman–Crippen MR) is 112 cm³/mol. The lowest BCUT2D eigenvalue weighted by atomic mass is 9.97. The molecule has 1 aliphatic rings. The average Bonchev–Trinajstić information content (AvgIpc) is 2.73. The summed E-state index contributed by atoms with van der Waals surface area (Å²) in [6.45, 7) is 0.947. The highest BCUT2D eigenvalue weighted by Crippen LogP contribution is 2.24. The molecule has 0 radical (unpaired) electrons. The molecule has 0 aromatic heterocycles. The summed E-state index contributed by atoms with van der Waals surface area (Å²) >= 11 is 5.99. The fourth-order valence-electron chi connectivity index (χ4n) is 3.32. The fraction of sp³-hybridized carbons (Fsp3) is 0.348. The van der Waals surface area contributed by atoms with Gasteiger partial charge < -0.3 is 14.8 Å². The highest BCUT2D eigenvalue weighted by Gasteiger charge is 2.12. The van der Waals surface area contributed by atoms with Crippen molar-refractivity contribution in [2.75, 3.05) is 13.7 Å². The molecular formula is C23H26ClNO3. The Morgan fingerprint density at radius 2 is 2.07 bits per heavy atom. The minimum atomic E-state index is -0.0805. The van der Waals surface area contributed by atoms with E-state index in [-0.39, 0.29) is 12.5 Å². The van der Waals surface area contributed by atoms with Crippen LogP contribution in [0.15, 0.2) is 54.1 Å². The Hall–Kier alpha value is -2.46. The summed E-state index contributed by atoms with van der Waals surface area (Å²) in [5.41, 5.74) is 2.87. The molecular weight excluding hydrogens is 374 g/mol. The van der Waals surface area contributed by atoms with E-state index in [0.29, 0.717) is 28.6 Å². The first kappa shape index (κ1) is 20.3. The van der Waals surface area contributed by atoms with Gasteiger partial charge in [-0.1, -0.05) is 29.3 Å². The molecule has 0 saturated heterocycles. The topological polar surface area (TPSA) is 47.6 Å². The number of ether oxygens (including phenoxy) is 2. The molecule has 4 nitrogen and oxygen atoms in total. The maximum atomic E-state index is 12.5. The van der Waals surface area contributed by atoms with Gasteiger partial charge in [-0.15, -0.1) is 0 Å². The Balaban J connectivity index is 1.60. The van der Waals surface area contributed by atoms with Crippen LogP contribution in [0.2, 0.25) is 5.02 Å². The van der Waals surface area contributed by atoms with Gasteiger partial charge in [-0.25, -0.2) is 0 Å². The Morgan fingerprint density at radius 3 is 2.82 bits per heavy atom. The van der Waals surface area contributed by atoms with Gasteiger partial charge >= 0.3 is 0 Å². The van der Waals surface area contributed by atoms with Crippen LogP contribution >= 0.6 is 11.6 Å². The summed E-state index contributed by atoms with van der Waals surface area (Å²) in [4.78, 5) is 12.5. The van der Waals surface area contributed by atoms with Crippen LogP contribution in [0, 0.1) is 0 Å². The highest BCUT2D eigenvalue weighted by molar-refractivity contribution is 6.30. The molecule has 0 heterocycles. The highest BCUT2D eigenvalue weighted by atomic mass is 35.5. The van der Waals surface area contributed by atoms with E-state index in [9.17, 15) is 4.79 Å². The van der Waals surface area contributed by atoms with Gasteiger partial charge in [0.25, 0.3) is 5.91 Å². The zero-order valence-electron chi connectivity index (χ0n) is 16.2. The summed E-state index contributed by atoms with van der Waals surface area (Å²) < 4.78 is 11.2. The average molecular weight is 400 g/mol. The monoisotopic (exact) mass is 399 g/mol. The number of rotatable bonds is 8. The van der Waals surface area contributed by atoms with Gasteiger partial charge in [0.05, 0.1) is 7.11 Å². The predicted octanol–water partition coefficient (Wildman–Crippen LogP) is 5.55. The van der Waals surface area contributed by atoms with E-state index in [1.807, 2.05) is 18.2 Å². The summed E-state index contributed by atoms with van der Waals surface area (Å²) in [7, 11) is 1.61. The van der Waals surface area contributed by atoms with Crippen LogP contribution in [0.3, 0.4) is 0 Å². The summed E-state index contributed by atoms with van der Waals surface area (Å²) in [5, 5.41) is 3.63. The standard InChI is InChI=1S/C23H26ClNO3/c1-27-22-11-10-18(23(26)25-13-12-17-6-3-2-4-7-17)14-19(22)16-28-21-9-5-8-20(24)15-21/h5-6,8-11,14-15H,2-4,7,12-13,16H2,1H3,(H,25,26). The first-order valence-electron chi connectivity index (χ1n) is 9.67. The van der Waals surface area contributed by atoms with Crippen LogP contribution < -0.4 is 14.8 Å². The van der Waals surface area contributed by atoms with Crippen LogP contribution in [0.4, 0.5) is 0 Å². The number of allylic oxidation sites excluding steroid dienone is 1. The quantitative estimate of drug-likeness (QED) is 0.592. The molecule has 0 spiro atoms. The van der Waals surface area contributed by atoms with Crippen molar-refractivity contribution in [2.24, 2.45) is 0 Å². The Morgan fingerprint density at radius 1 is 1.18 bits per heavy atom. The summed E-state index contributed by atoms with van der Waals surface area (Å²) in [6, 6.07) is 12.6. The first-order chi connectivity index (χ1) is 13.7. The van der Waals surface area contributed by atoms with Crippen LogP contribution in [0.5, 0.6) is 11.5 Å². The van der Waals surface area contributed by atoms with E-state index < -0.39 is 0 Å². The Labute approximate surface area is 171 Å². The second kappa shape index (κ2) is 10.2. The number of hydrogen-bond acceptors (Lipinski definition) is 3. The Kier molecular flexibility index (Phi) is 7.38. The van der Waals surface area contributed by atoms with E-state index in [2.05, 4.69) is 11.4 Å². The van der Waals surface area contributed by atoms with Gasteiger partial charge in [0.2, 0.25) is 0 Å². The number of amides is 1. The summed E-state index contributed by atoms with van der Waals surface area (Å²) in [5.74, 6) is 1.28. The van der Waals surface area contributed by atoms with E-state index in [4.69, 9.17) is 21.1 Å². The molecule has 2 aromatic rings. The van der Waals surface area contributed by atoms with Crippen LogP contribution in [-0.2, 0) is 6.61 Å². The van der Waals surface area contributed by atoms with Gasteiger partial charge in [0, 0.05) is 22.7 Å². The van der Waals surface area contributed by atoms with E-state index in [1.54, 1.807) is 31.4 Å². The van der Waals surface area contributed by atoms with Crippen LogP contribution in [0.1, 0.15) is 48.0 Å². The molecule has 1 amide bonds. The molecule has 1 N–H and O–H groups in total. The van der Waals surface area contributed by atoms with Crippen molar-refractivity contribution in [3.05, 3.63) is 70.3 Å². The first-order valence-corrected chi connectivity index (χ1v) is 10.0. The second-order valence-corrected chi connectivity index (χ2v) is 7.32. The molecule has 0 bridgehead atoms. The van der Waals surface area contributed by atoms with Crippen LogP contribution in [-0.4, -0.2) is 19.6 Å². The number of hydrogen-bond donors (Lipinski definition) is 1. The van der Waals surface area contributed by atoms with Crippen LogP contribution in [0.25, 0.3) is 0 Å². The Bertz CT molecular complexity index is 847. The van der Waals surface area contributed by atoms with E-state index in [1.165, 1.54) is 18.4 Å². The third-order valence-corrected chi connectivity index (χ3v) is 5.08. The van der Waals surface area contributed by atoms with Gasteiger partial charge in [-0.3, -0.25) is 4.79 Å². The SMILES string of the molecule is COc1ccc(C(=O)NCCC2=CCCCC2)cc1COc1cccc(Cl)c1. The summed E-state index contributed by atoms with van der Waals surface area (Å²) in [6.07, 6.45) is 8.10. The normalized spacial score (nSPS) is 13.6. The van der Waals surface area contributed by atoms with Crippen molar-refractivity contribution < 1.29 is 14.3 Å². The van der Waals surface area contributed by atoms with Crippen molar-refractivity contribution in [3.8, 4) is 11.5 Å². The lowest BCUT2D eigenvalue weighted by Crippen LogP contribution is -2.25. The number of carbonyl (C=O) groups is 1. The largest absolute Gasteiger partial charge is 0.496 e. The number of carbonyl (C=O) groups excluding carboxylic acids is 1. The molecule has 0 fully saturated rings. The maximum Gasteiger partial charge on any atom is 0.251 e. The van der Waals surface area contributed by atoms with Gasteiger partial charge in [0.15, 0.2) is 0 Å². The number of nitrogens with one attached hydrogen (secondary N) is 1.